The molecule has 0 atom stereocenters. The Morgan fingerprint density at radius 1 is 0.917 bits per heavy atom. The maximum Gasteiger partial charge on any atom is 0.417 e. The first-order valence-corrected chi connectivity index (χ1v) is 11.3. The molecule has 0 saturated carbocycles. The van der Waals surface area contributed by atoms with Crippen LogP contribution in [0, 0.1) is 0 Å². The molecule has 3 amide bonds. The van der Waals surface area contributed by atoms with E-state index >= 15 is 0 Å². The van der Waals surface area contributed by atoms with Crippen molar-refractivity contribution in [3.63, 3.8) is 0 Å². The van der Waals surface area contributed by atoms with Gasteiger partial charge in [-0.3, -0.25) is 4.79 Å². The number of nitrogens with one attached hydrogen (secondary N) is 3. The van der Waals surface area contributed by atoms with Gasteiger partial charge in [-0.2, -0.15) is 13.2 Å². The summed E-state index contributed by atoms with van der Waals surface area (Å²) >= 11 is 2.86. The molecule has 11 heteroatoms. The fourth-order valence-corrected chi connectivity index (χ4v) is 3.79. The second-order valence-electron chi connectivity index (χ2n) is 7.51. The quantitative estimate of drug-likeness (QED) is 0.251. The summed E-state index contributed by atoms with van der Waals surface area (Å²) in [6.45, 7) is 0. The molecule has 0 aliphatic carbocycles. The summed E-state index contributed by atoms with van der Waals surface area (Å²) in [6, 6.07) is 17.9. The lowest BCUT2D eigenvalue weighted by atomic mass is 10.1. The van der Waals surface area contributed by atoms with E-state index in [-0.39, 0.29) is 27.6 Å². The van der Waals surface area contributed by atoms with Crippen molar-refractivity contribution >= 4 is 50.0 Å². The van der Waals surface area contributed by atoms with Gasteiger partial charge in [0, 0.05) is 28.3 Å². The summed E-state index contributed by atoms with van der Waals surface area (Å²) in [6.07, 6.45) is -4.57. The molecule has 0 aliphatic rings. The van der Waals surface area contributed by atoms with Crippen LogP contribution in [0.15, 0.2) is 77.3 Å². The zero-order valence-corrected chi connectivity index (χ0v) is 20.2. The van der Waals surface area contributed by atoms with E-state index in [0.717, 1.165) is 11.5 Å². The van der Waals surface area contributed by atoms with Crippen molar-refractivity contribution in [2.45, 2.75) is 6.18 Å². The standard InChI is InChI=1S/C25H18BrF3N4O3/c1-30-22(34)21-12-14-4-2-3-5-18(14)23(33-21)36-17-9-6-15(7-10-17)31-24(35)32-16-8-11-20(26)19(13-16)25(27,28)29/h2-13H,1H3,(H,30,34)(H2,31,32,35). The zero-order valence-electron chi connectivity index (χ0n) is 18.6. The third-order valence-electron chi connectivity index (χ3n) is 5.02. The van der Waals surface area contributed by atoms with Crippen molar-refractivity contribution < 1.29 is 27.5 Å². The largest absolute Gasteiger partial charge is 0.438 e. The molecule has 3 aromatic carbocycles. The summed E-state index contributed by atoms with van der Waals surface area (Å²) in [7, 11) is 1.51. The first-order chi connectivity index (χ1) is 17.1. The van der Waals surface area contributed by atoms with Crippen molar-refractivity contribution in [3.8, 4) is 11.6 Å². The van der Waals surface area contributed by atoms with E-state index in [2.05, 4.69) is 36.9 Å². The van der Waals surface area contributed by atoms with Crippen LogP contribution in [-0.2, 0) is 6.18 Å². The molecule has 36 heavy (non-hydrogen) atoms. The van der Waals surface area contributed by atoms with Gasteiger partial charge in [0.1, 0.15) is 11.4 Å². The molecular weight excluding hydrogens is 541 g/mol. The summed E-state index contributed by atoms with van der Waals surface area (Å²) in [5.74, 6) is 0.278. The summed E-state index contributed by atoms with van der Waals surface area (Å²) in [4.78, 5) is 28.7. The van der Waals surface area contributed by atoms with Crippen LogP contribution in [0.4, 0.5) is 29.3 Å². The lowest BCUT2D eigenvalue weighted by Gasteiger charge is -2.13. The van der Waals surface area contributed by atoms with Gasteiger partial charge in [0.2, 0.25) is 5.88 Å². The predicted octanol–water partition coefficient (Wildman–Crippen LogP) is 6.81. The first kappa shape index (κ1) is 25.0. The number of carbonyl (C=O) groups is 2. The Bertz CT molecular complexity index is 1440. The number of benzene rings is 3. The van der Waals surface area contributed by atoms with Gasteiger partial charge in [-0.1, -0.05) is 34.1 Å². The summed E-state index contributed by atoms with van der Waals surface area (Å²) in [5.41, 5.74) is -0.340. The second kappa shape index (κ2) is 10.2. The van der Waals surface area contributed by atoms with Crippen LogP contribution in [0.3, 0.4) is 0 Å². The topological polar surface area (TPSA) is 92.4 Å². The minimum Gasteiger partial charge on any atom is -0.438 e. The van der Waals surface area contributed by atoms with E-state index in [1.807, 2.05) is 24.3 Å². The number of anilines is 2. The molecule has 7 nitrogen and oxygen atoms in total. The van der Waals surface area contributed by atoms with Crippen LogP contribution in [-0.4, -0.2) is 24.0 Å². The highest BCUT2D eigenvalue weighted by atomic mass is 79.9. The minimum atomic E-state index is -4.57. The number of hydrogen-bond acceptors (Lipinski definition) is 4. The van der Waals surface area contributed by atoms with Crippen LogP contribution in [0.25, 0.3) is 10.8 Å². The fourth-order valence-electron chi connectivity index (χ4n) is 3.32. The maximum atomic E-state index is 13.1. The number of ether oxygens (including phenoxy) is 1. The molecular formula is C25H18BrF3N4O3. The molecule has 1 aromatic heterocycles. The van der Waals surface area contributed by atoms with Crippen LogP contribution in [0.5, 0.6) is 11.6 Å². The molecule has 0 radical (unpaired) electrons. The third kappa shape index (κ3) is 5.74. The number of aromatic nitrogens is 1. The van der Waals surface area contributed by atoms with Gasteiger partial charge < -0.3 is 20.7 Å². The Hall–Kier alpha value is -4.12. The molecule has 3 N–H and O–H groups in total. The highest BCUT2D eigenvalue weighted by Crippen LogP contribution is 2.36. The number of halogens is 4. The predicted molar refractivity (Wildman–Crippen MR) is 133 cm³/mol. The lowest BCUT2D eigenvalue weighted by molar-refractivity contribution is -0.138. The molecule has 184 valence electrons. The van der Waals surface area contributed by atoms with Gasteiger partial charge in [-0.05, 0) is 60.0 Å². The van der Waals surface area contributed by atoms with E-state index < -0.39 is 17.8 Å². The molecule has 0 unspecified atom stereocenters. The van der Waals surface area contributed by atoms with E-state index in [4.69, 9.17) is 4.74 Å². The Labute approximate surface area is 211 Å². The monoisotopic (exact) mass is 558 g/mol. The fraction of sp³-hybridized carbons (Fsp3) is 0.0800. The minimum absolute atomic E-state index is 0.0167. The highest BCUT2D eigenvalue weighted by Gasteiger charge is 2.33. The van der Waals surface area contributed by atoms with Gasteiger partial charge in [-0.15, -0.1) is 0 Å². The van der Waals surface area contributed by atoms with Gasteiger partial charge >= 0.3 is 12.2 Å². The van der Waals surface area contributed by atoms with Gasteiger partial charge in [-0.25, -0.2) is 9.78 Å². The van der Waals surface area contributed by atoms with Crippen LogP contribution in [0.2, 0.25) is 0 Å². The number of carbonyl (C=O) groups excluding carboxylic acids is 2. The molecule has 0 aliphatic heterocycles. The number of amides is 3. The number of rotatable bonds is 5. The number of alkyl halides is 3. The molecule has 4 aromatic rings. The number of fused-ring (bicyclic) bond motifs is 1. The average molecular weight is 559 g/mol. The third-order valence-corrected chi connectivity index (χ3v) is 5.71. The van der Waals surface area contributed by atoms with E-state index in [9.17, 15) is 22.8 Å². The molecule has 0 fully saturated rings. The van der Waals surface area contributed by atoms with Gasteiger partial charge in [0.25, 0.3) is 5.91 Å². The second-order valence-corrected chi connectivity index (χ2v) is 8.37. The molecule has 0 bridgehead atoms. The number of urea groups is 1. The lowest BCUT2D eigenvalue weighted by Crippen LogP contribution is -2.20. The summed E-state index contributed by atoms with van der Waals surface area (Å²) in [5, 5.41) is 8.94. The molecule has 0 saturated heterocycles. The van der Waals surface area contributed by atoms with Crippen LogP contribution >= 0.6 is 15.9 Å². The molecule has 1 heterocycles. The van der Waals surface area contributed by atoms with Crippen molar-refractivity contribution in [2.24, 2.45) is 0 Å². The highest BCUT2D eigenvalue weighted by molar-refractivity contribution is 9.10. The van der Waals surface area contributed by atoms with Crippen molar-refractivity contribution in [1.82, 2.24) is 10.3 Å². The van der Waals surface area contributed by atoms with E-state index in [1.165, 1.54) is 19.2 Å². The van der Waals surface area contributed by atoms with Gasteiger partial charge in [0.15, 0.2) is 0 Å². The van der Waals surface area contributed by atoms with Crippen molar-refractivity contribution in [1.29, 1.82) is 0 Å². The SMILES string of the molecule is CNC(=O)c1cc2ccccc2c(Oc2ccc(NC(=O)Nc3ccc(Br)c(C(F)(F)F)c3)cc2)n1. The van der Waals surface area contributed by atoms with Gasteiger partial charge in [0.05, 0.1) is 5.56 Å². The number of pyridine rings is 1. The molecule has 0 spiro atoms. The Morgan fingerprint density at radius 2 is 1.58 bits per heavy atom. The van der Waals surface area contributed by atoms with E-state index in [1.54, 1.807) is 30.3 Å². The van der Waals surface area contributed by atoms with Crippen LogP contribution < -0.4 is 20.7 Å². The molecule has 4 rings (SSSR count). The smallest absolute Gasteiger partial charge is 0.417 e. The van der Waals surface area contributed by atoms with Crippen molar-refractivity contribution in [2.75, 3.05) is 17.7 Å². The Morgan fingerprint density at radius 3 is 2.28 bits per heavy atom. The first-order valence-electron chi connectivity index (χ1n) is 10.5. The number of hydrogen-bond donors (Lipinski definition) is 3. The van der Waals surface area contributed by atoms with E-state index in [0.29, 0.717) is 16.8 Å². The Balaban J connectivity index is 1.47. The number of nitrogens with zero attached hydrogens (tertiary/aromatic N) is 1. The zero-order chi connectivity index (χ0) is 25.9. The average Bonchev–Trinajstić information content (AvgIpc) is 2.85. The van der Waals surface area contributed by atoms with Crippen LogP contribution in [0.1, 0.15) is 16.1 Å². The van der Waals surface area contributed by atoms with Crippen molar-refractivity contribution in [3.05, 3.63) is 88.5 Å². The summed E-state index contributed by atoms with van der Waals surface area (Å²) < 4.78 is 45.0. The Kier molecular flexibility index (Phi) is 7.11. The maximum absolute atomic E-state index is 13.1. The normalized spacial score (nSPS) is 11.1.